The van der Waals surface area contributed by atoms with Crippen LogP contribution in [0.5, 0.6) is 11.5 Å². The third kappa shape index (κ3) is 18.4. The van der Waals surface area contributed by atoms with Crippen LogP contribution >= 0.6 is 71.5 Å². The summed E-state index contributed by atoms with van der Waals surface area (Å²) in [5.74, 6) is -0.846. The van der Waals surface area contributed by atoms with Gasteiger partial charge in [-0.1, -0.05) is 117 Å². The molecule has 0 amide bonds. The molecule has 0 aliphatic carbocycles. The number of carboxylic acids is 1. The zero-order valence-corrected chi connectivity index (χ0v) is 33.6. The summed E-state index contributed by atoms with van der Waals surface area (Å²) < 4.78 is 12.3. The third-order valence-corrected chi connectivity index (χ3v) is 12.3. The van der Waals surface area contributed by atoms with Gasteiger partial charge in [0.05, 0.1) is 5.56 Å². The van der Waals surface area contributed by atoms with Crippen LogP contribution in [0.4, 0.5) is 0 Å². The third-order valence-electron chi connectivity index (χ3n) is 5.95. The van der Waals surface area contributed by atoms with E-state index in [4.69, 9.17) is 33.9 Å². The minimum Gasteiger partial charge on any atom is -0.478 e. The Balaban J connectivity index is 2.82. The van der Waals surface area contributed by atoms with Crippen LogP contribution in [0.2, 0.25) is 0 Å². The number of benzene rings is 1. The maximum Gasteiger partial charge on any atom is 0.335 e. The molecule has 2 atom stereocenters. The first-order chi connectivity index (χ1) is 20.3. The zero-order valence-electron chi connectivity index (χ0n) is 28.7. The van der Waals surface area contributed by atoms with Gasteiger partial charge in [0.2, 0.25) is 0 Å². The number of carbonyl (C=O) groups is 3. The van der Waals surface area contributed by atoms with E-state index in [0.29, 0.717) is 7.06 Å². The summed E-state index contributed by atoms with van der Waals surface area (Å²) in [6.45, 7) is 25.5. The molecular formula is C33H50O6S6. The molecule has 0 fully saturated rings. The molecule has 0 bridgehead atoms. The average Bonchev–Trinajstić information content (AvgIpc) is 2.83. The molecule has 0 radical (unpaired) electrons. The molecule has 0 saturated carbocycles. The highest BCUT2D eigenvalue weighted by atomic mass is 32.2. The van der Waals surface area contributed by atoms with Crippen molar-refractivity contribution in [3.8, 4) is 11.5 Å². The summed E-state index contributed by atoms with van der Waals surface area (Å²) in [5, 5.41) is 8.37. The number of hydrogen-bond acceptors (Lipinski definition) is 11. The van der Waals surface area contributed by atoms with Crippen molar-refractivity contribution < 1.29 is 29.0 Å². The quantitative estimate of drug-likeness (QED) is 0.119. The lowest BCUT2D eigenvalue weighted by Gasteiger charge is -2.32. The van der Waals surface area contributed by atoms with Crippen LogP contribution in [0.25, 0.3) is 0 Å². The molecule has 0 saturated heterocycles. The van der Waals surface area contributed by atoms with Gasteiger partial charge in [-0.2, -0.15) is 0 Å². The molecule has 0 heterocycles. The summed E-state index contributed by atoms with van der Waals surface area (Å²) in [4.78, 5) is 37.6. The van der Waals surface area contributed by atoms with Crippen molar-refractivity contribution in [2.75, 3.05) is 11.5 Å². The topological polar surface area (TPSA) is 89.9 Å². The maximum absolute atomic E-state index is 12.9. The standard InChI is InChI=1S/C33H50O6S6/c1-20(44-28(40)42-18-32(9,10)16-30(3,4)5)26(36)38-23-13-22(25(34)35)14-24(15-23)39-27(37)21(2)45-29(41)43-19-33(11,12)17-31(6,7)8/h13-15,20-21H,16-19H2,1-12H3,(H,34,35). The lowest BCUT2D eigenvalue weighted by Crippen LogP contribution is -2.24. The zero-order chi connectivity index (χ0) is 35.0. The van der Waals surface area contributed by atoms with Crippen molar-refractivity contribution in [1.29, 1.82) is 0 Å². The van der Waals surface area contributed by atoms with Crippen LogP contribution in [-0.2, 0) is 9.59 Å². The highest BCUT2D eigenvalue weighted by Gasteiger charge is 2.29. The molecule has 2 unspecified atom stereocenters. The number of aromatic carboxylic acids is 1. The van der Waals surface area contributed by atoms with E-state index in [9.17, 15) is 19.5 Å². The number of rotatable bonds is 13. The fourth-order valence-electron chi connectivity index (χ4n) is 5.15. The molecule has 0 aromatic heterocycles. The molecule has 254 valence electrons. The summed E-state index contributed by atoms with van der Waals surface area (Å²) in [7, 11) is 0. The highest BCUT2D eigenvalue weighted by Crippen LogP contribution is 2.39. The van der Waals surface area contributed by atoms with Gasteiger partial charge in [-0.3, -0.25) is 9.59 Å². The minimum absolute atomic E-state index is 0.0347. The van der Waals surface area contributed by atoms with Crippen molar-refractivity contribution in [3.63, 3.8) is 0 Å². The van der Waals surface area contributed by atoms with Gasteiger partial charge >= 0.3 is 17.9 Å². The lowest BCUT2D eigenvalue weighted by atomic mass is 9.77. The molecule has 0 spiro atoms. The Morgan fingerprint density at radius 3 is 1.31 bits per heavy atom. The first kappa shape index (κ1) is 42.2. The molecule has 12 heteroatoms. The minimum atomic E-state index is -1.25. The predicted octanol–water partition coefficient (Wildman–Crippen LogP) is 10.4. The average molecular weight is 735 g/mol. The van der Waals surface area contributed by atoms with Crippen LogP contribution in [-0.4, -0.2) is 52.1 Å². The normalized spacial score (nSPS) is 14.0. The Labute approximate surface area is 298 Å². The van der Waals surface area contributed by atoms with Gasteiger partial charge in [0.1, 0.15) is 29.1 Å². The monoisotopic (exact) mass is 734 g/mol. The molecule has 1 aromatic carbocycles. The van der Waals surface area contributed by atoms with Crippen LogP contribution in [0.15, 0.2) is 18.2 Å². The molecule has 6 nitrogen and oxygen atoms in total. The predicted molar refractivity (Wildman–Crippen MR) is 205 cm³/mol. The number of hydrogen-bond donors (Lipinski definition) is 1. The molecule has 1 aromatic rings. The molecule has 0 aliphatic rings. The smallest absolute Gasteiger partial charge is 0.335 e. The van der Waals surface area contributed by atoms with E-state index in [1.165, 1.54) is 41.7 Å². The summed E-state index contributed by atoms with van der Waals surface area (Å²) in [6.07, 6.45) is 2.06. The number of carboxylic acid groups (broad SMARTS) is 1. The van der Waals surface area contributed by atoms with E-state index in [0.717, 1.165) is 24.3 Å². The largest absolute Gasteiger partial charge is 0.478 e. The van der Waals surface area contributed by atoms with E-state index in [1.807, 2.05) is 0 Å². The Morgan fingerprint density at radius 1 is 0.689 bits per heavy atom. The van der Waals surface area contributed by atoms with Crippen molar-refractivity contribution in [2.24, 2.45) is 21.7 Å². The maximum atomic E-state index is 12.9. The van der Waals surface area contributed by atoms with E-state index in [1.54, 1.807) is 37.4 Å². The van der Waals surface area contributed by atoms with Crippen LogP contribution in [0, 0.1) is 21.7 Å². The number of esters is 2. The van der Waals surface area contributed by atoms with Crippen LogP contribution in [0.3, 0.4) is 0 Å². The summed E-state index contributed by atoms with van der Waals surface area (Å²) >= 11 is 16.6. The van der Waals surface area contributed by atoms with Gasteiger partial charge in [0.15, 0.2) is 0 Å². The number of thioether (sulfide) groups is 4. The fourth-order valence-corrected chi connectivity index (χ4v) is 10.2. The van der Waals surface area contributed by atoms with E-state index < -0.39 is 28.4 Å². The van der Waals surface area contributed by atoms with E-state index in [-0.39, 0.29) is 38.7 Å². The first-order valence-corrected chi connectivity index (χ1v) is 19.3. The van der Waals surface area contributed by atoms with Gasteiger partial charge in [-0.25, -0.2) is 4.79 Å². The Bertz CT molecular complexity index is 1140. The van der Waals surface area contributed by atoms with Crippen molar-refractivity contribution in [3.05, 3.63) is 23.8 Å². The van der Waals surface area contributed by atoms with Gasteiger partial charge in [0.25, 0.3) is 0 Å². The van der Waals surface area contributed by atoms with Gasteiger partial charge < -0.3 is 14.6 Å². The second-order valence-electron chi connectivity index (χ2n) is 15.2. The summed E-state index contributed by atoms with van der Waals surface area (Å²) in [6, 6.07) is 3.78. The fraction of sp³-hybridized carbons (Fsp3) is 0.667. The van der Waals surface area contributed by atoms with Crippen molar-refractivity contribution in [1.82, 2.24) is 0 Å². The number of carbonyl (C=O) groups excluding carboxylic acids is 2. The number of thiocarbonyl (C=S) groups is 2. The lowest BCUT2D eigenvalue weighted by molar-refractivity contribution is -0.133. The molecule has 1 N–H and O–H groups in total. The number of ether oxygens (including phenoxy) is 2. The van der Waals surface area contributed by atoms with Gasteiger partial charge in [0, 0.05) is 17.6 Å². The second kappa shape index (κ2) is 17.6. The Hall–Kier alpha value is -0.790. The van der Waals surface area contributed by atoms with Crippen molar-refractivity contribution >= 4 is 96.4 Å². The summed E-state index contributed by atoms with van der Waals surface area (Å²) in [5.41, 5.74) is 0.359. The SMILES string of the molecule is CC(SC(=S)SCC(C)(C)CC(C)(C)C)C(=O)Oc1cc(OC(=O)C(C)SC(=S)SCC(C)(C)CC(C)(C)C)cc(C(=O)O)c1. The van der Waals surface area contributed by atoms with Gasteiger partial charge in [-0.05, 0) is 60.5 Å². The van der Waals surface area contributed by atoms with E-state index in [2.05, 4.69) is 69.2 Å². The molecular weight excluding hydrogens is 685 g/mol. The molecule has 1 rings (SSSR count). The highest BCUT2D eigenvalue weighted by molar-refractivity contribution is 8.48. The molecule has 45 heavy (non-hydrogen) atoms. The second-order valence-corrected chi connectivity index (χ2v) is 22.3. The van der Waals surface area contributed by atoms with Crippen LogP contribution in [0.1, 0.15) is 106 Å². The Kier molecular flexibility index (Phi) is 16.5. The Morgan fingerprint density at radius 2 is 1.02 bits per heavy atom. The molecule has 0 aliphatic heterocycles. The van der Waals surface area contributed by atoms with Gasteiger partial charge in [-0.15, -0.1) is 23.5 Å². The van der Waals surface area contributed by atoms with Crippen LogP contribution < -0.4 is 9.47 Å². The van der Waals surface area contributed by atoms with E-state index >= 15 is 0 Å². The van der Waals surface area contributed by atoms with Crippen molar-refractivity contribution in [2.45, 2.75) is 106 Å². The first-order valence-electron chi connectivity index (χ1n) is 14.8.